The van der Waals surface area contributed by atoms with Crippen molar-refractivity contribution in [2.24, 2.45) is 11.8 Å². The summed E-state index contributed by atoms with van der Waals surface area (Å²) in [6, 6.07) is 7.02. The van der Waals surface area contributed by atoms with E-state index in [1.54, 1.807) is 6.04 Å². The Morgan fingerprint density at radius 2 is 1.42 bits per heavy atom. The maximum atomic E-state index is 13.5. The SMILES string of the molecule is CCCCC[Si@H]1CC[C@H]([C@H]2CC[C@H](c3cc(F)c(F)c(F)c3)CC2)CC1. The highest BCUT2D eigenvalue weighted by molar-refractivity contribution is 6.58. The van der Waals surface area contributed by atoms with Gasteiger partial charge in [0.25, 0.3) is 0 Å². The molecule has 3 rings (SSSR count). The molecule has 4 heteroatoms. The van der Waals surface area contributed by atoms with Crippen LogP contribution in [0, 0.1) is 29.3 Å². The van der Waals surface area contributed by atoms with Gasteiger partial charge in [-0.25, -0.2) is 13.2 Å². The number of benzene rings is 1. The second-order valence-electron chi connectivity index (χ2n) is 8.69. The molecule has 0 amide bonds. The Morgan fingerprint density at radius 3 is 2.00 bits per heavy atom. The van der Waals surface area contributed by atoms with Crippen LogP contribution in [0.2, 0.25) is 18.1 Å². The fourth-order valence-electron chi connectivity index (χ4n) is 5.37. The quantitative estimate of drug-likeness (QED) is 0.277. The number of unbranched alkanes of at least 4 members (excludes halogenated alkanes) is 2. The molecule has 0 nitrogen and oxygen atoms in total. The summed E-state index contributed by atoms with van der Waals surface area (Å²) in [4.78, 5) is 0. The summed E-state index contributed by atoms with van der Waals surface area (Å²) in [6.45, 7) is 2.28. The Labute approximate surface area is 158 Å². The predicted octanol–water partition coefficient (Wildman–Crippen LogP) is 7.21. The van der Waals surface area contributed by atoms with Crippen LogP contribution in [-0.4, -0.2) is 8.80 Å². The van der Waals surface area contributed by atoms with Gasteiger partial charge in [-0.2, -0.15) is 0 Å². The molecule has 1 aromatic rings. The molecule has 1 heterocycles. The van der Waals surface area contributed by atoms with E-state index < -0.39 is 26.2 Å². The highest BCUT2D eigenvalue weighted by atomic mass is 28.3. The van der Waals surface area contributed by atoms with E-state index in [-0.39, 0.29) is 5.92 Å². The van der Waals surface area contributed by atoms with Crippen LogP contribution >= 0.6 is 0 Å². The van der Waals surface area contributed by atoms with Gasteiger partial charge >= 0.3 is 0 Å². The summed E-state index contributed by atoms with van der Waals surface area (Å²) in [5, 5.41) is 0. The highest BCUT2D eigenvalue weighted by Crippen LogP contribution is 2.44. The third-order valence-electron chi connectivity index (χ3n) is 7.02. The van der Waals surface area contributed by atoms with Gasteiger partial charge in [0.15, 0.2) is 17.5 Å². The van der Waals surface area contributed by atoms with Crippen molar-refractivity contribution in [1.82, 2.24) is 0 Å². The van der Waals surface area contributed by atoms with Crippen LogP contribution in [0.25, 0.3) is 0 Å². The third-order valence-corrected chi connectivity index (χ3v) is 10.5. The van der Waals surface area contributed by atoms with E-state index in [4.69, 9.17) is 0 Å². The lowest BCUT2D eigenvalue weighted by molar-refractivity contribution is 0.216. The lowest BCUT2D eigenvalue weighted by Gasteiger charge is -2.37. The minimum Gasteiger partial charge on any atom is -0.204 e. The summed E-state index contributed by atoms with van der Waals surface area (Å²) in [5.41, 5.74) is 0.645. The molecule has 0 bridgehead atoms. The first-order chi connectivity index (χ1) is 12.6. The van der Waals surface area contributed by atoms with Crippen LogP contribution in [0.4, 0.5) is 13.2 Å². The van der Waals surface area contributed by atoms with E-state index in [2.05, 4.69) is 6.92 Å². The van der Waals surface area contributed by atoms with Crippen molar-refractivity contribution >= 4 is 8.80 Å². The molecule has 0 unspecified atom stereocenters. The van der Waals surface area contributed by atoms with Crippen molar-refractivity contribution in [3.05, 3.63) is 35.1 Å². The average molecular weight is 383 g/mol. The monoisotopic (exact) mass is 382 g/mol. The van der Waals surface area contributed by atoms with Crippen molar-refractivity contribution in [3.63, 3.8) is 0 Å². The fraction of sp³-hybridized carbons (Fsp3) is 0.727. The Bertz CT molecular complexity index is 550. The summed E-state index contributed by atoms with van der Waals surface area (Å²) in [5.74, 6) is -1.57. The molecule has 1 aliphatic heterocycles. The number of hydrogen-bond donors (Lipinski definition) is 0. The first kappa shape index (κ1) is 20.0. The molecule has 2 fully saturated rings. The van der Waals surface area contributed by atoms with Crippen LogP contribution < -0.4 is 0 Å². The van der Waals surface area contributed by atoms with Crippen molar-refractivity contribution < 1.29 is 13.2 Å². The van der Waals surface area contributed by atoms with Crippen LogP contribution in [0.5, 0.6) is 0 Å². The molecule has 1 saturated carbocycles. The zero-order valence-electron chi connectivity index (χ0n) is 16.1. The summed E-state index contributed by atoms with van der Waals surface area (Å²) >= 11 is 0. The van der Waals surface area contributed by atoms with E-state index in [1.807, 2.05) is 0 Å². The Kier molecular flexibility index (Phi) is 7.25. The molecule has 0 radical (unpaired) electrons. The number of halogens is 3. The highest BCUT2D eigenvalue weighted by Gasteiger charge is 2.32. The molecule has 1 aliphatic carbocycles. The topological polar surface area (TPSA) is 0 Å². The van der Waals surface area contributed by atoms with Gasteiger partial charge in [0, 0.05) is 8.80 Å². The summed E-state index contributed by atoms with van der Waals surface area (Å²) in [7, 11) is -0.447. The lowest BCUT2D eigenvalue weighted by atomic mass is 9.72. The molecular weight excluding hydrogens is 349 g/mol. The summed E-state index contributed by atoms with van der Waals surface area (Å²) in [6.07, 6.45) is 11.3. The molecule has 0 aromatic heterocycles. The van der Waals surface area contributed by atoms with Gasteiger partial charge in [-0.15, -0.1) is 0 Å². The smallest absolute Gasteiger partial charge is 0.194 e. The van der Waals surface area contributed by atoms with Crippen LogP contribution in [0.15, 0.2) is 12.1 Å². The molecule has 2 aliphatic rings. The van der Waals surface area contributed by atoms with E-state index in [0.717, 1.165) is 37.5 Å². The molecule has 1 aromatic carbocycles. The molecule has 1 saturated heterocycles. The third kappa shape index (κ3) is 4.93. The maximum absolute atomic E-state index is 13.5. The van der Waals surface area contributed by atoms with Crippen LogP contribution in [0.1, 0.15) is 76.2 Å². The fourth-order valence-corrected chi connectivity index (χ4v) is 8.90. The number of hydrogen-bond acceptors (Lipinski definition) is 0. The Hall–Kier alpha value is -0.773. The minimum absolute atomic E-state index is 0.190. The van der Waals surface area contributed by atoms with Crippen molar-refractivity contribution in [3.8, 4) is 0 Å². The Morgan fingerprint density at radius 1 is 0.846 bits per heavy atom. The van der Waals surface area contributed by atoms with E-state index in [9.17, 15) is 13.2 Å². The van der Waals surface area contributed by atoms with Gasteiger partial charge < -0.3 is 0 Å². The molecule has 0 atom stereocenters. The van der Waals surface area contributed by atoms with Gasteiger partial charge in [-0.1, -0.05) is 57.2 Å². The average Bonchev–Trinajstić information content (AvgIpc) is 2.67. The van der Waals surface area contributed by atoms with Crippen LogP contribution in [0.3, 0.4) is 0 Å². The van der Waals surface area contributed by atoms with Crippen molar-refractivity contribution in [2.45, 2.75) is 88.8 Å². The first-order valence-corrected chi connectivity index (χ1v) is 13.2. The molecule has 0 spiro atoms. The molecule has 26 heavy (non-hydrogen) atoms. The first-order valence-electron chi connectivity index (χ1n) is 10.7. The second kappa shape index (κ2) is 9.43. The predicted molar refractivity (Wildman–Crippen MR) is 105 cm³/mol. The van der Waals surface area contributed by atoms with Crippen molar-refractivity contribution in [2.75, 3.05) is 0 Å². The van der Waals surface area contributed by atoms with E-state index >= 15 is 0 Å². The normalized spacial score (nSPS) is 29.7. The zero-order valence-corrected chi connectivity index (χ0v) is 17.2. The van der Waals surface area contributed by atoms with E-state index in [1.165, 1.54) is 56.3 Å². The molecule has 146 valence electrons. The largest absolute Gasteiger partial charge is 0.204 e. The van der Waals surface area contributed by atoms with Crippen LogP contribution in [-0.2, 0) is 0 Å². The Balaban J connectivity index is 1.46. The molecule has 0 N–H and O–H groups in total. The van der Waals surface area contributed by atoms with Gasteiger partial charge in [0.05, 0.1) is 0 Å². The molecular formula is C22H33F3Si. The minimum atomic E-state index is -1.35. The van der Waals surface area contributed by atoms with Gasteiger partial charge in [-0.05, 0) is 61.1 Å². The van der Waals surface area contributed by atoms with Gasteiger partial charge in [0.2, 0.25) is 0 Å². The second-order valence-corrected chi connectivity index (χ2v) is 12.2. The number of rotatable bonds is 6. The maximum Gasteiger partial charge on any atom is 0.194 e. The lowest BCUT2D eigenvalue weighted by Crippen LogP contribution is -2.28. The standard InChI is InChI=1S/C22H33F3Si/c1-2-3-4-11-26-12-9-18(10-13-26)16-5-7-17(8-6-16)19-14-20(23)22(25)21(24)15-19/h14-18,26H,2-13H2,1H3/t16-,17-,18-,26-. The zero-order chi connectivity index (χ0) is 18.5. The van der Waals surface area contributed by atoms with E-state index in [0.29, 0.717) is 5.56 Å². The van der Waals surface area contributed by atoms with Crippen molar-refractivity contribution in [1.29, 1.82) is 0 Å². The van der Waals surface area contributed by atoms with Gasteiger partial charge in [-0.3, -0.25) is 0 Å². The summed E-state index contributed by atoms with van der Waals surface area (Å²) < 4.78 is 40.2. The van der Waals surface area contributed by atoms with Gasteiger partial charge in [0.1, 0.15) is 0 Å².